The number of imide groups is 2. The molecule has 2 saturated heterocycles. The molecular formula is C38H32Br2Cl2N2O8. The Labute approximate surface area is 326 Å². The molecule has 4 aliphatic rings. The van der Waals surface area contributed by atoms with Gasteiger partial charge in [-0.25, -0.2) is 0 Å². The number of ether oxygens (including phenoxy) is 3. The Morgan fingerprint density at radius 3 is 2.25 bits per heavy atom. The Balaban J connectivity index is 1.25. The summed E-state index contributed by atoms with van der Waals surface area (Å²) in [5.41, 5.74) is 2.97. The van der Waals surface area contributed by atoms with Crippen LogP contribution in [0.1, 0.15) is 35.4 Å². The standard InChI is InChI=1S/C38H32Br2Cl2N2O8/c1-50-23-10-13-28(51-2)20(14-23)7-4-19-5-8-22(9-6-19)44-33(46)25-12-11-24-26(30(25)34(44)47)17-37(41)35(48)43(18-39)36(49)38(37,42)31(24)21-15-27(40)32(45)29(16-21)52-3/h4-11,13-16,25-26,30-31,45H,12,17-18H2,1-3H3/t25-,26+,30-,31-,37+,38-/m0/s1. The third-order valence-corrected chi connectivity index (χ3v) is 13.2. The number of carbonyl (C=O) groups excluding carboxylic acids is 4. The molecule has 1 N–H and O–H groups in total. The first-order chi connectivity index (χ1) is 24.8. The summed E-state index contributed by atoms with van der Waals surface area (Å²) in [6.45, 7) is 0. The lowest BCUT2D eigenvalue weighted by atomic mass is 9.56. The van der Waals surface area contributed by atoms with Gasteiger partial charge in [-0.2, -0.15) is 0 Å². The smallest absolute Gasteiger partial charge is 0.254 e. The molecule has 0 spiro atoms. The molecule has 0 unspecified atom stereocenters. The zero-order valence-electron chi connectivity index (χ0n) is 28.1. The van der Waals surface area contributed by atoms with Gasteiger partial charge in [0.1, 0.15) is 11.5 Å². The number of likely N-dealkylation sites (tertiary alicyclic amines) is 1. The Kier molecular flexibility index (Phi) is 9.51. The van der Waals surface area contributed by atoms with E-state index in [4.69, 9.17) is 37.4 Å². The number of aromatic hydroxyl groups is 1. The number of alkyl halides is 3. The maximum absolute atomic E-state index is 14.4. The predicted octanol–water partition coefficient (Wildman–Crippen LogP) is 7.27. The molecule has 3 aromatic rings. The van der Waals surface area contributed by atoms with Crippen LogP contribution in [0.15, 0.2) is 70.7 Å². The molecule has 6 atom stereocenters. The number of nitrogens with zero attached hydrogens (tertiary/aromatic N) is 2. The highest BCUT2D eigenvalue weighted by Gasteiger charge is 2.76. The quantitative estimate of drug-likeness (QED) is 0.0826. The number of benzene rings is 3. The third kappa shape index (κ3) is 5.31. The van der Waals surface area contributed by atoms with Crippen LogP contribution in [0.25, 0.3) is 12.2 Å². The van der Waals surface area contributed by atoms with Crippen molar-refractivity contribution in [1.82, 2.24) is 4.90 Å². The van der Waals surface area contributed by atoms with E-state index >= 15 is 0 Å². The summed E-state index contributed by atoms with van der Waals surface area (Å²) in [6, 6.07) is 15.7. The molecule has 3 aromatic carbocycles. The second kappa shape index (κ2) is 13.5. The van der Waals surface area contributed by atoms with E-state index in [-0.39, 0.29) is 40.2 Å². The fourth-order valence-electron chi connectivity index (χ4n) is 8.19. The highest BCUT2D eigenvalue weighted by molar-refractivity contribution is 9.10. The lowest BCUT2D eigenvalue weighted by Gasteiger charge is -2.50. The van der Waals surface area contributed by atoms with Crippen LogP contribution in [0.4, 0.5) is 5.69 Å². The molecule has 0 bridgehead atoms. The van der Waals surface area contributed by atoms with Gasteiger partial charge in [-0.3, -0.25) is 29.0 Å². The molecule has 14 heteroatoms. The molecule has 2 aliphatic heterocycles. The molecule has 270 valence electrons. The van der Waals surface area contributed by atoms with Gasteiger partial charge in [-0.1, -0.05) is 51.9 Å². The fraction of sp³-hybridized carbons (Fsp3) is 0.316. The van der Waals surface area contributed by atoms with E-state index in [1.54, 1.807) is 38.5 Å². The molecule has 1 saturated carbocycles. The van der Waals surface area contributed by atoms with Crippen molar-refractivity contribution in [1.29, 1.82) is 0 Å². The summed E-state index contributed by atoms with van der Waals surface area (Å²) in [7, 11) is 4.57. The van der Waals surface area contributed by atoms with Crippen molar-refractivity contribution in [2.24, 2.45) is 17.8 Å². The van der Waals surface area contributed by atoms with Crippen LogP contribution >= 0.6 is 55.1 Å². The van der Waals surface area contributed by atoms with Gasteiger partial charge in [0, 0.05) is 11.5 Å². The second-order valence-corrected chi connectivity index (χ2v) is 15.7. The average Bonchev–Trinajstić information content (AvgIpc) is 3.48. The number of anilines is 1. The van der Waals surface area contributed by atoms with Gasteiger partial charge in [0.05, 0.1) is 48.8 Å². The van der Waals surface area contributed by atoms with E-state index in [1.165, 1.54) is 12.0 Å². The maximum Gasteiger partial charge on any atom is 0.254 e. The van der Waals surface area contributed by atoms with Crippen LogP contribution in [0.2, 0.25) is 0 Å². The summed E-state index contributed by atoms with van der Waals surface area (Å²) < 4.78 is 16.5. The number of rotatable bonds is 8. The van der Waals surface area contributed by atoms with Crippen molar-refractivity contribution in [3.05, 3.63) is 87.4 Å². The molecule has 7 rings (SSSR count). The number of phenols is 1. The lowest BCUT2D eigenvalue weighted by Crippen LogP contribution is -2.60. The summed E-state index contributed by atoms with van der Waals surface area (Å²) in [5, 5.41) is 10.6. The molecule has 3 fully saturated rings. The van der Waals surface area contributed by atoms with Crippen molar-refractivity contribution in [2.75, 3.05) is 31.7 Å². The molecule has 4 amide bonds. The van der Waals surface area contributed by atoms with Crippen molar-refractivity contribution in [3.8, 4) is 23.0 Å². The van der Waals surface area contributed by atoms with E-state index in [2.05, 4.69) is 31.9 Å². The Bertz CT molecular complexity index is 2090. The SMILES string of the molecule is COc1ccc(OC)c(C=Cc2ccc(N3C(=O)[C@H]4[C@H](CC=C5[C@H]4C[C@@]4(Cl)C(=O)N(CBr)C(=O)[C@@]4(Cl)[C@H]5c4cc(Br)c(O)c(OC)c4)C3=O)cc2)c1. The van der Waals surface area contributed by atoms with Crippen LogP contribution in [0, 0.1) is 17.8 Å². The largest absolute Gasteiger partial charge is 0.503 e. The number of phenolic OH excluding ortho intramolecular Hbond substituents is 1. The van der Waals surface area contributed by atoms with Crippen molar-refractivity contribution in [3.63, 3.8) is 0 Å². The first-order valence-corrected chi connectivity index (χ1v) is 19.0. The van der Waals surface area contributed by atoms with Gasteiger partial charge >= 0.3 is 0 Å². The van der Waals surface area contributed by atoms with Gasteiger partial charge in [-0.15, -0.1) is 23.2 Å². The monoisotopic (exact) mass is 872 g/mol. The topological polar surface area (TPSA) is 123 Å². The summed E-state index contributed by atoms with van der Waals surface area (Å²) >= 11 is 21.3. The average molecular weight is 875 g/mol. The summed E-state index contributed by atoms with van der Waals surface area (Å²) in [6.07, 6.45) is 5.69. The van der Waals surface area contributed by atoms with Crippen molar-refractivity contribution >= 4 is 96.5 Å². The fourth-order valence-corrected chi connectivity index (χ4v) is 10.1. The number of fused-ring (bicyclic) bond motifs is 4. The highest BCUT2D eigenvalue weighted by Crippen LogP contribution is 2.66. The number of hydrogen-bond acceptors (Lipinski definition) is 8. The summed E-state index contributed by atoms with van der Waals surface area (Å²) in [5.74, 6) is -4.16. The number of allylic oxidation sites excluding steroid dienone is 2. The summed E-state index contributed by atoms with van der Waals surface area (Å²) in [4.78, 5) is 54.7. The van der Waals surface area contributed by atoms with Gasteiger partial charge < -0.3 is 19.3 Å². The van der Waals surface area contributed by atoms with Crippen molar-refractivity contribution < 1.29 is 38.5 Å². The zero-order valence-corrected chi connectivity index (χ0v) is 32.8. The van der Waals surface area contributed by atoms with Crippen LogP contribution in [-0.2, 0) is 19.2 Å². The minimum atomic E-state index is -1.99. The Morgan fingerprint density at radius 2 is 1.60 bits per heavy atom. The number of halogens is 4. The number of hydrogen-bond donors (Lipinski definition) is 1. The zero-order chi connectivity index (χ0) is 37.3. The molecule has 52 heavy (non-hydrogen) atoms. The minimum absolute atomic E-state index is 0.106. The molecule has 10 nitrogen and oxygen atoms in total. The van der Waals surface area contributed by atoms with Gasteiger partial charge in [0.2, 0.25) is 11.8 Å². The van der Waals surface area contributed by atoms with Gasteiger partial charge in [0.25, 0.3) is 11.8 Å². The Morgan fingerprint density at radius 1 is 0.885 bits per heavy atom. The third-order valence-electron chi connectivity index (χ3n) is 10.7. The molecule has 0 radical (unpaired) electrons. The van der Waals surface area contributed by atoms with E-state index in [0.717, 1.165) is 16.0 Å². The number of carbonyl (C=O) groups is 4. The van der Waals surface area contributed by atoms with Crippen LogP contribution in [0.3, 0.4) is 0 Å². The maximum atomic E-state index is 14.4. The molecule has 2 heterocycles. The van der Waals surface area contributed by atoms with Gasteiger partial charge in [0.15, 0.2) is 21.2 Å². The molecule has 2 aliphatic carbocycles. The number of methoxy groups -OCH3 is 3. The van der Waals surface area contributed by atoms with Gasteiger partial charge in [-0.05, 0) is 88.3 Å². The van der Waals surface area contributed by atoms with Crippen molar-refractivity contribution in [2.45, 2.75) is 28.5 Å². The Hall–Kier alpha value is -3.84. The second-order valence-electron chi connectivity index (χ2n) is 13.1. The first kappa shape index (κ1) is 36.5. The first-order valence-electron chi connectivity index (χ1n) is 16.3. The molecule has 0 aromatic heterocycles. The minimum Gasteiger partial charge on any atom is -0.503 e. The normalized spacial score (nSPS) is 28.2. The highest BCUT2D eigenvalue weighted by atomic mass is 79.9. The van der Waals surface area contributed by atoms with E-state index in [0.29, 0.717) is 28.3 Å². The van der Waals surface area contributed by atoms with E-state index < -0.39 is 51.1 Å². The van der Waals surface area contributed by atoms with Crippen LogP contribution in [0.5, 0.6) is 23.0 Å². The van der Waals surface area contributed by atoms with Crippen LogP contribution < -0.4 is 19.1 Å². The van der Waals surface area contributed by atoms with E-state index in [9.17, 15) is 24.3 Å². The molecular weight excluding hydrogens is 843 g/mol. The van der Waals surface area contributed by atoms with Crippen LogP contribution in [-0.4, -0.2) is 70.2 Å². The predicted molar refractivity (Wildman–Crippen MR) is 203 cm³/mol. The number of amides is 4. The lowest BCUT2D eigenvalue weighted by molar-refractivity contribution is -0.138. The van der Waals surface area contributed by atoms with E-state index in [1.807, 2.05) is 48.6 Å².